The molecule has 4 nitrogen and oxygen atoms in total. The third kappa shape index (κ3) is 2.82. The summed E-state index contributed by atoms with van der Waals surface area (Å²) < 4.78 is 0. The molecule has 0 spiro atoms. The molecule has 1 atom stereocenters. The highest BCUT2D eigenvalue weighted by Gasteiger charge is 2.22. The first-order chi connectivity index (χ1) is 8.72. The standard InChI is InChI=1S/C14H19NO3/c16-10-8-12-3-1-2-9-15(12)13-6-4-11(5-7-13)14(17)18/h4-7,12,16H,1-3,8-10H2,(H,17,18). The van der Waals surface area contributed by atoms with Crippen molar-refractivity contribution in [1.82, 2.24) is 0 Å². The number of hydrogen-bond donors (Lipinski definition) is 2. The van der Waals surface area contributed by atoms with E-state index in [4.69, 9.17) is 10.2 Å². The number of rotatable bonds is 4. The Morgan fingerprint density at radius 1 is 1.28 bits per heavy atom. The molecule has 1 aliphatic rings. The normalized spacial score (nSPS) is 19.8. The average Bonchev–Trinajstić information content (AvgIpc) is 2.40. The summed E-state index contributed by atoms with van der Waals surface area (Å²) in [4.78, 5) is 13.1. The van der Waals surface area contributed by atoms with E-state index in [9.17, 15) is 4.79 Å². The van der Waals surface area contributed by atoms with Gasteiger partial charge < -0.3 is 15.1 Å². The van der Waals surface area contributed by atoms with Crippen molar-refractivity contribution in [2.75, 3.05) is 18.1 Å². The second-order valence-corrected chi connectivity index (χ2v) is 4.71. The SMILES string of the molecule is O=C(O)c1ccc(N2CCCCC2CCO)cc1. The van der Waals surface area contributed by atoms with Crippen molar-refractivity contribution in [3.8, 4) is 0 Å². The number of piperidine rings is 1. The Bertz CT molecular complexity index is 400. The molecule has 4 heteroatoms. The van der Waals surface area contributed by atoms with Crippen LogP contribution in [0, 0.1) is 0 Å². The Morgan fingerprint density at radius 3 is 2.61 bits per heavy atom. The van der Waals surface area contributed by atoms with Gasteiger partial charge in [-0.1, -0.05) is 0 Å². The molecule has 0 aliphatic carbocycles. The van der Waals surface area contributed by atoms with Gasteiger partial charge in [-0.15, -0.1) is 0 Å². The van der Waals surface area contributed by atoms with Crippen LogP contribution in [0.4, 0.5) is 5.69 Å². The zero-order chi connectivity index (χ0) is 13.0. The Morgan fingerprint density at radius 2 is 2.00 bits per heavy atom. The number of hydrogen-bond acceptors (Lipinski definition) is 3. The lowest BCUT2D eigenvalue weighted by molar-refractivity contribution is 0.0697. The summed E-state index contributed by atoms with van der Waals surface area (Å²) in [5.41, 5.74) is 1.37. The maximum Gasteiger partial charge on any atom is 0.335 e. The molecule has 2 rings (SSSR count). The lowest BCUT2D eigenvalue weighted by atomic mass is 9.98. The predicted molar refractivity (Wildman–Crippen MR) is 70.1 cm³/mol. The minimum absolute atomic E-state index is 0.203. The van der Waals surface area contributed by atoms with Crippen LogP contribution in [-0.2, 0) is 0 Å². The minimum Gasteiger partial charge on any atom is -0.478 e. The van der Waals surface area contributed by atoms with Crippen molar-refractivity contribution in [2.45, 2.75) is 31.7 Å². The number of nitrogens with zero attached hydrogens (tertiary/aromatic N) is 1. The van der Waals surface area contributed by atoms with Crippen molar-refractivity contribution in [3.63, 3.8) is 0 Å². The van der Waals surface area contributed by atoms with E-state index in [-0.39, 0.29) is 6.61 Å². The van der Waals surface area contributed by atoms with Crippen LogP contribution in [0.25, 0.3) is 0 Å². The van der Waals surface area contributed by atoms with E-state index in [1.165, 1.54) is 6.42 Å². The first-order valence-corrected chi connectivity index (χ1v) is 6.43. The Hall–Kier alpha value is -1.55. The summed E-state index contributed by atoms with van der Waals surface area (Å²) in [6.07, 6.45) is 4.24. The van der Waals surface area contributed by atoms with Gasteiger partial charge in [0.1, 0.15) is 0 Å². The molecular weight excluding hydrogens is 230 g/mol. The van der Waals surface area contributed by atoms with E-state index in [0.29, 0.717) is 11.6 Å². The number of benzene rings is 1. The lowest BCUT2D eigenvalue weighted by Crippen LogP contribution is -2.40. The van der Waals surface area contributed by atoms with Crippen molar-refractivity contribution in [1.29, 1.82) is 0 Å². The molecule has 18 heavy (non-hydrogen) atoms. The summed E-state index contributed by atoms with van der Waals surface area (Å²) in [7, 11) is 0. The van der Waals surface area contributed by atoms with E-state index in [1.54, 1.807) is 12.1 Å². The van der Waals surface area contributed by atoms with E-state index in [2.05, 4.69) is 4.90 Å². The quantitative estimate of drug-likeness (QED) is 0.858. The molecule has 1 heterocycles. The smallest absolute Gasteiger partial charge is 0.335 e. The number of aliphatic hydroxyl groups is 1. The molecule has 0 amide bonds. The molecule has 0 saturated carbocycles. The van der Waals surface area contributed by atoms with Gasteiger partial charge in [0.15, 0.2) is 0 Å². The molecule has 0 radical (unpaired) electrons. The highest BCUT2D eigenvalue weighted by Crippen LogP contribution is 2.26. The number of carboxylic acids is 1. The second-order valence-electron chi connectivity index (χ2n) is 4.71. The summed E-state index contributed by atoms with van der Waals surface area (Å²) in [6.45, 7) is 1.19. The van der Waals surface area contributed by atoms with Gasteiger partial charge in [0, 0.05) is 24.9 Å². The summed E-state index contributed by atoms with van der Waals surface area (Å²) in [5.74, 6) is -0.896. The fourth-order valence-corrected chi connectivity index (χ4v) is 2.59. The third-order valence-electron chi connectivity index (χ3n) is 3.54. The maximum atomic E-state index is 10.8. The van der Waals surface area contributed by atoms with Gasteiger partial charge in [0.2, 0.25) is 0 Å². The first kappa shape index (κ1) is 12.9. The van der Waals surface area contributed by atoms with Gasteiger partial charge in [-0.3, -0.25) is 0 Å². The molecule has 2 N–H and O–H groups in total. The summed E-state index contributed by atoms with van der Waals surface area (Å²) >= 11 is 0. The zero-order valence-corrected chi connectivity index (χ0v) is 10.4. The molecule has 1 unspecified atom stereocenters. The fraction of sp³-hybridized carbons (Fsp3) is 0.500. The number of carboxylic acid groups (broad SMARTS) is 1. The zero-order valence-electron chi connectivity index (χ0n) is 10.4. The van der Waals surface area contributed by atoms with Crippen LogP contribution in [0.15, 0.2) is 24.3 Å². The van der Waals surface area contributed by atoms with Crippen LogP contribution in [0.2, 0.25) is 0 Å². The van der Waals surface area contributed by atoms with Crippen LogP contribution in [-0.4, -0.2) is 35.4 Å². The molecule has 1 aromatic rings. The molecule has 0 aromatic heterocycles. The monoisotopic (exact) mass is 249 g/mol. The largest absolute Gasteiger partial charge is 0.478 e. The van der Waals surface area contributed by atoms with Gasteiger partial charge in [-0.25, -0.2) is 4.79 Å². The highest BCUT2D eigenvalue weighted by molar-refractivity contribution is 5.88. The Kier molecular flexibility index (Phi) is 4.20. The van der Waals surface area contributed by atoms with Crippen LogP contribution in [0.1, 0.15) is 36.0 Å². The highest BCUT2D eigenvalue weighted by atomic mass is 16.4. The number of aliphatic hydroxyl groups excluding tert-OH is 1. The van der Waals surface area contributed by atoms with Crippen molar-refractivity contribution < 1.29 is 15.0 Å². The van der Waals surface area contributed by atoms with Gasteiger partial charge >= 0.3 is 5.97 Å². The topological polar surface area (TPSA) is 60.8 Å². The van der Waals surface area contributed by atoms with E-state index in [0.717, 1.165) is 31.5 Å². The average molecular weight is 249 g/mol. The molecule has 98 valence electrons. The van der Waals surface area contributed by atoms with Gasteiger partial charge in [-0.05, 0) is 49.9 Å². The summed E-state index contributed by atoms with van der Waals surface area (Å²) in [6, 6.07) is 7.38. The molecule has 1 saturated heterocycles. The molecule has 0 bridgehead atoms. The number of carbonyl (C=O) groups is 1. The van der Waals surface area contributed by atoms with Gasteiger partial charge in [0.25, 0.3) is 0 Å². The molecule has 1 aromatic carbocycles. The Balaban J connectivity index is 2.15. The van der Waals surface area contributed by atoms with E-state index < -0.39 is 5.97 Å². The Labute approximate surface area is 107 Å². The van der Waals surface area contributed by atoms with Crippen LogP contribution < -0.4 is 4.90 Å². The fourth-order valence-electron chi connectivity index (χ4n) is 2.59. The van der Waals surface area contributed by atoms with Crippen LogP contribution >= 0.6 is 0 Å². The molecule has 1 aliphatic heterocycles. The van der Waals surface area contributed by atoms with Crippen molar-refractivity contribution in [2.24, 2.45) is 0 Å². The second kappa shape index (κ2) is 5.87. The van der Waals surface area contributed by atoms with Crippen molar-refractivity contribution in [3.05, 3.63) is 29.8 Å². The van der Waals surface area contributed by atoms with E-state index >= 15 is 0 Å². The van der Waals surface area contributed by atoms with Crippen molar-refractivity contribution >= 4 is 11.7 Å². The third-order valence-corrected chi connectivity index (χ3v) is 3.54. The minimum atomic E-state index is -0.896. The molecular formula is C14H19NO3. The van der Waals surface area contributed by atoms with Gasteiger partial charge in [0.05, 0.1) is 5.56 Å². The maximum absolute atomic E-state index is 10.8. The van der Waals surface area contributed by atoms with Gasteiger partial charge in [-0.2, -0.15) is 0 Å². The predicted octanol–water partition coefficient (Wildman–Crippen LogP) is 2.13. The molecule has 1 fully saturated rings. The number of anilines is 1. The van der Waals surface area contributed by atoms with E-state index in [1.807, 2.05) is 12.1 Å². The lowest BCUT2D eigenvalue weighted by Gasteiger charge is -2.37. The number of aromatic carboxylic acids is 1. The van der Waals surface area contributed by atoms with Crippen LogP contribution in [0.5, 0.6) is 0 Å². The summed E-state index contributed by atoms with van der Waals surface area (Å²) in [5, 5.41) is 18.0. The first-order valence-electron chi connectivity index (χ1n) is 6.43. The van der Waals surface area contributed by atoms with Crippen LogP contribution in [0.3, 0.4) is 0 Å².